The molecule has 0 aromatic rings. The zero-order valence-corrected chi connectivity index (χ0v) is 16.6. The molecular weight excluding hydrogens is 369 g/mol. The summed E-state index contributed by atoms with van der Waals surface area (Å²) in [7, 11) is -12.9. The quantitative estimate of drug-likeness (QED) is 0.267. The third-order valence-electron chi connectivity index (χ3n) is 0. The Labute approximate surface area is 186 Å². The first kappa shape index (κ1) is 37.3. The fourth-order valence-corrected chi connectivity index (χ4v) is 0. The topological polar surface area (TPSA) is 233 Å². The van der Waals surface area contributed by atoms with Gasteiger partial charge < -0.3 is 53.6 Å². The molecule has 11 nitrogen and oxygen atoms in total. The third kappa shape index (κ3) is 413. The van der Waals surface area contributed by atoms with Crippen molar-refractivity contribution in [3.05, 3.63) is 0 Å². The normalized spacial score (nSPS) is 8.53. The van der Waals surface area contributed by atoms with E-state index >= 15 is 0 Å². The standard InChI is InChI=1S/BH3O3.3Ca.2H3O4P/c2-1(3)4;;;;2*1-5(2,3)4/h2-4H;;;;2*(H3,1,2,3,4)/q;3*+2;;/p-6. The van der Waals surface area contributed by atoms with Crippen molar-refractivity contribution in [1.82, 2.24) is 0 Å². The van der Waals surface area contributed by atoms with Crippen LogP contribution < -0.4 is 29.4 Å². The Morgan fingerprint density at radius 1 is 0.647 bits per heavy atom. The van der Waals surface area contributed by atoms with Crippen LogP contribution >= 0.6 is 15.6 Å². The molecule has 0 bridgehead atoms. The van der Waals surface area contributed by atoms with Crippen molar-refractivity contribution in [1.29, 1.82) is 0 Å². The van der Waals surface area contributed by atoms with Gasteiger partial charge in [-0.05, 0) is 0 Å². The molecule has 0 spiro atoms. The molecule has 0 aromatic carbocycles. The van der Waals surface area contributed by atoms with Crippen molar-refractivity contribution in [2.45, 2.75) is 0 Å². The van der Waals surface area contributed by atoms with Gasteiger partial charge in [0.05, 0.1) is 0 Å². The van der Waals surface area contributed by atoms with Gasteiger partial charge in [0.25, 0.3) is 0 Å². The summed E-state index contributed by atoms with van der Waals surface area (Å²) in [4.78, 5) is 51.3. The number of phosphoric acid groups is 2. The van der Waals surface area contributed by atoms with Crippen molar-refractivity contribution < 1.29 is 53.6 Å². The van der Waals surface area contributed by atoms with Gasteiger partial charge in [0.1, 0.15) is 0 Å². The predicted molar refractivity (Wildman–Crippen MR) is 44.9 cm³/mol. The van der Waals surface area contributed by atoms with E-state index in [4.69, 9.17) is 53.6 Å². The molecule has 0 heterocycles. The molecule has 0 aliphatic rings. The first-order valence-corrected chi connectivity index (χ1v) is 5.16. The van der Waals surface area contributed by atoms with Gasteiger partial charge in [-0.15, -0.1) is 0 Å². The van der Waals surface area contributed by atoms with E-state index in [0.29, 0.717) is 0 Å². The molecule has 0 aliphatic carbocycles. The Morgan fingerprint density at radius 3 is 0.647 bits per heavy atom. The van der Waals surface area contributed by atoms with E-state index in [9.17, 15) is 0 Å². The average Bonchev–Trinajstić information content (AvgIpc) is 1.45. The molecule has 0 radical (unpaired) electrons. The van der Waals surface area contributed by atoms with E-state index in [2.05, 4.69) is 0 Å². The van der Waals surface area contributed by atoms with Crippen LogP contribution in [0.25, 0.3) is 0 Å². The van der Waals surface area contributed by atoms with Crippen LogP contribution in [-0.4, -0.2) is 136 Å². The van der Waals surface area contributed by atoms with Gasteiger partial charge in [0.15, 0.2) is 0 Å². The average molecular weight is 372 g/mol. The molecule has 0 amide bonds. The van der Waals surface area contributed by atoms with Gasteiger partial charge in [-0.3, -0.25) is 0 Å². The van der Waals surface area contributed by atoms with E-state index in [1.165, 1.54) is 0 Å². The smallest absolute Gasteiger partial charge is 0.822 e. The van der Waals surface area contributed by atoms with Crippen LogP contribution in [-0.2, 0) is 9.13 Å². The summed E-state index contributed by atoms with van der Waals surface area (Å²) in [5.74, 6) is 0. The van der Waals surface area contributed by atoms with Crippen LogP contribution in [0.5, 0.6) is 0 Å². The maximum Gasteiger partial charge on any atom is 2.00 e. The molecule has 0 aromatic heterocycles. The summed E-state index contributed by atoms with van der Waals surface area (Å²) in [6.07, 6.45) is 0. The fraction of sp³-hybridized carbons (Fsp3) is 0. The Bertz CT molecular complexity index is 167. The molecule has 0 saturated heterocycles. The van der Waals surface area contributed by atoms with Crippen LogP contribution in [0.15, 0.2) is 0 Å². The second kappa shape index (κ2) is 19.9. The number of hydrogen-bond donors (Lipinski definition) is 3. The zero-order valence-electron chi connectivity index (χ0n) is 8.20. The molecule has 0 saturated carbocycles. The van der Waals surface area contributed by atoms with Gasteiger partial charge >= 0.3 is 121 Å². The number of rotatable bonds is 0. The van der Waals surface area contributed by atoms with Gasteiger partial charge in [0.2, 0.25) is 0 Å². The summed E-state index contributed by atoms with van der Waals surface area (Å²) < 4.78 is 17.1. The van der Waals surface area contributed by atoms with Gasteiger partial charge in [-0.2, -0.15) is 15.6 Å². The van der Waals surface area contributed by atoms with E-state index in [1.54, 1.807) is 0 Å². The van der Waals surface area contributed by atoms with E-state index < -0.39 is 23.0 Å². The van der Waals surface area contributed by atoms with Crippen molar-refractivity contribution in [3.8, 4) is 0 Å². The molecule has 88 valence electrons. The molecule has 0 fully saturated rings. The summed E-state index contributed by atoms with van der Waals surface area (Å²) in [5.41, 5.74) is 0. The zero-order chi connectivity index (χ0) is 12.6. The van der Waals surface area contributed by atoms with Crippen LogP contribution in [0, 0.1) is 0 Å². The minimum Gasteiger partial charge on any atom is -0.822 e. The van der Waals surface area contributed by atoms with E-state index in [1.807, 2.05) is 0 Å². The Kier molecular flexibility index (Phi) is 43.8. The van der Waals surface area contributed by atoms with Gasteiger partial charge in [-0.1, -0.05) is 0 Å². The predicted octanol–water partition coefficient (Wildman–Crippen LogP) is -8.84. The minimum atomic E-state index is -5.39. The molecular formula is H3BCa3O11P2. The largest absolute Gasteiger partial charge is 2.00 e. The summed E-state index contributed by atoms with van der Waals surface area (Å²) in [6, 6.07) is 0. The summed E-state index contributed by atoms with van der Waals surface area (Å²) in [6.45, 7) is 0. The Hall–Kier alpha value is 3.94. The van der Waals surface area contributed by atoms with E-state index in [-0.39, 0.29) is 113 Å². The minimum absolute atomic E-state index is 0. The van der Waals surface area contributed by atoms with Crippen molar-refractivity contribution >= 4 is 136 Å². The number of hydrogen-bond acceptors (Lipinski definition) is 11. The molecule has 0 unspecified atom stereocenters. The van der Waals surface area contributed by atoms with Crippen LogP contribution in [0.1, 0.15) is 0 Å². The fourth-order valence-electron chi connectivity index (χ4n) is 0. The summed E-state index contributed by atoms with van der Waals surface area (Å²) >= 11 is 0. The Morgan fingerprint density at radius 2 is 0.647 bits per heavy atom. The van der Waals surface area contributed by atoms with Crippen molar-refractivity contribution in [3.63, 3.8) is 0 Å². The molecule has 17 heavy (non-hydrogen) atoms. The SMILES string of the molecule is O=P([O-])([O-])[O-].O=P([O-])([O-])[O-].OB(O)O.[Ca+2].[Ca+2].[Ca+2]. The van der Waals surface area contributed by atoms with Gasteiger partial charge in [-0.25, -0.2) is 0 Å². The second-order valence-corrected chi connectivity index (χ2v) is 3.03. The molecule has 0 aliphatic heterocycles. The van der Waals surface area contributed by atoms with Gasteiger partial charge in [0, 0.05) is 0 Å². The van der Waals surface area contributed by atoms with Crippen molar-refractivity contribution in [2.75, 3.05) is 0 Å². The third-order valence-corrected chi connectivity index (χ3v) is 0. The first-order valence-electron chi connectivity index (χ1n) is 2.24. The maximum absolute atomic E-state index is 8.55. The Balaban J connectivity index is -0.0000000247. The molecule has 17 heteroatoms. The van der Waals surface area contributed by atoms with Crippen LogP contribution in [0.4, 0.5) is 0 Å². The monoisotopic (exact) mass is 372 g/mol. The molecule has 0 rings (SSSR count). The van der Waals surface area contributed by atoms with Crippen LogP contribution in [0.3, 0.4) is 0 Å². The molecule has 0 atom stereocenters. The second-order valence-electron chi connectivity index (χ2n) is 1.24. The first-order chi connectivity index (χ1) is 5.73. The van der Waals surface area contributed by atoms with E-state index in [0.717, 1.165) is 0 Å². The van der Waals surface area contributed by atoms with Crippen molar-refractivity contribution in [2.24, 2.45) is 0 Å². The molecule has 3 N–H and O–H groups in total. The summed E-state index contributed by atoms with van der Waals surface area (Å²) in [5, 5.41) is 21.5. The van der Waals surface area contributed by atoms with Crippen LogP contribution in [0.2, 0.25) is 0 Å². The maximum atomic E-state index is 8.55.